The van der Waals surface area contributed by atoms with E-state index in [0.29, 0.717) is 5.92 Å². The molecule has 0 bridgehead atoms. The number of amides is 1. The van der Waals surface area contributed by atoms with Gasteiger partial charge < -0.3 is 25.4 Å². The summed E-state index contributed by atoms with van der Waals surface area (Å²) in [6.07, 6.45) is -0.702. The molecule has 0 aromatic rings. The number of hydrogen-bond donors (Lipinski definition) is 4. The monoisotopic (exact) mass is 419 g/mol. The van der Waals surface area contributed by atoms with Crippen LogP contribution < -0.4 is 5.32 Å². The minimum atomic E-state index is -1.46. The Labute approximate surface area is 170 Å². The van der Waals surface area contributed by atoms with Gasteiger partial charge in [-0.15, -0.1) is 11.8 Å². The summed E-state index contributed by atoms with van der Waals surface area (Å²) < 4.78 is 5.74. The summed E-state index contributed by atoms with van der Waals surface area (Å²) in [5.74, 6) is 0.193. The van der Waals surface area contributed by atoms with Gasteiger partial charge in [-0.3, -0.25) is 9.69 Å². The maximum Gasteiger partial charge on any atom is 0.237 e. The maximum atomic E-state index is 12.9. The van der Waals surface area contributed by atoms with E-state index in [4.69, 9.17) is 4.74 Å². The van der Waals surface area contributed by atoms with Gasteiger partial charge in [-0.2, -0.15) is 4.91 Å². The number of aliphatic hydroxyl groups excluding tert-OH is 3. The van der Waals surface area contributed by atoms with Crippen molar-refractivity contribution in [3.63, 3.8) is 0 Å². The Morgan fingerprint density at radius 1 is 1.32 bits per heavy atom. The van der Waals surface area contributed by atoms with Crippen LogP contribution in [0.2, 0.25) is 0 Å². The number of rotatable bonds is 8. The second-order valence-corrected chi connectivity index (χ2v) is 8.84. The van der Waals surface area contributed by atoms with Crippen molar-refractivity contribution in [2.45, 2.75) is 81.1 Å². The van der Waals surface area contributed by atoms with Crippen molar-refractivity contribution in [3.8, 4) is 0 Å². The van der Waals surface area contributed by atoms with E-state index in [1.165, 1.54) is 18.7 Å². The molecule has 2 heterocycles. The molecule has 0 aromatic carbocycles. The summed E-state index contributed by atoms with van der Waals surface area (Å²) in [4.78, 5) is 26.2. The van der Waals surface area contributed by atoms with Crippen LogP contribution >= 0.6 is 11.8 Å². The highest BCUT2D eigenvalue weighted by atomic mass is 32.2. The molecule has 2 aliphatic heterocycles. The summed E-state index contributed by atoms with van der Waals surface area (Å²) >= 11 is 1.18. The summed E-state index contributed by atoms with van der Waals surface area (Å²) in [6, 6.07) is -2.13. The molecule has 2 aliphatic rings. The third-order valence-corrected chi connectivity index (χ3v) is 6.68. The van der Waals surface area contributed by atoms with E-state index in [-0.39, 0.29) is 11.9 Å². The molecule has 2 saturated heterocycles. The molecule has 1 amide bonds. The van der Waals surface area contributed by atoms with Crippen LogP contribution in [0, 0.1) is 10.8 Å². The summed E-state index contributed by atoms with van der Waals surface area (Å²) in [5.41, 5.74) is -0.787. The third-order valence-electron chi connectivity index (χ3n) is 5.82. The molecule has 1 unspecified atom stereocenters. The maximum absolute atomic E-state index is 12.9. The first-order valence-corrected chi connectivity index (χ1v) is 11.1. The van der Waals surface area contributed by atoms with Gasteiger partial charge in [-0.05, 0) is 39.0 Å². The molecule has 2 rings (SSSR count). The van der Waals surface area contributed by atoms with Crippen LogP contribution in [0.1, 0.15) is 33.1 Å². The molecule has 0 aliphatic carbocycles. The van der Waals surface area contributed by atoms with Crippen LogP contribution in [0.15, 0.2) is 5.18 Å². The molecule has 0 spiro atoms. The molecule has 0 radical (unpaired) electrons. The molecular weight excluding hydrogens is 386 g/mol. The van der Waals surface area contributed by atoms with Crippen molar-refractivity contribution in [1.29, 1.82) is 0 Å². The minimum Gasteiger partial charge on any atom is -0.388 e. The highest BCUT2D eigenvalue weighted by Crippen LogP contribution is 2.31. The Morgan fingerprint density at radius 3 is 2.57 bits per heavy atom. The lowest BCUT2D eigenvalue weighted by molar-refractivity contribution is -0.206. The van der Waals surface area contributed by atoms with Crippen molar-refractivity contribution in [2.24, 2.45) is 11.1 Å². The molecule has 2 fully saturated rings. The number of nitroso groups, excluding NO2 is 1. The lowest BCUT2D eigenvalue weighted by Crippen LogP contribution is -2.65. The van der Waals surface area contributed by atoms with Gasteiger partial charge in [-0.1, -0.05) is 18.5 Å². The Hall–Kier alpha value is -0.780. The van der Waals surface area contributed by atoms with Gasteiger partial charge in [0.15, 0.2) is 0 Å². The van der Waals surface area contributed by atoms with Crippen molar-refractivity contribution < 1.29 is 24.9 Å². The summed E-state index contributed by atoms with van der Waals surface area (Å²) in [5, 5.41) is 36.5. The van der Waals surface area contributed by atoms with Gasteiger partial charge in [0.1, 0.15) is 35.9 Å². The Balaban J connectivity index is 2.15. The van der Waals surface area contributed by atoms with Crippen LogP contribution in [-0.4, -0.2) is 94.0 Å². The lowest BCUT2D eigenvalue weighted by Gasteiger charge is -2.43. The Kier molecular flexibility index (Phi) is 8.65. The second-order valence-electron chi connectivity index (χ2n) is 7.90. The zero-order chi connectivity index (χ0) is 21.0. The first kappa shape index (κ1) is 23.5. The van der Waals surface area contributed by atoms with E-state index in [2.05, 4.69) is 17.4 Å². The van der Waals surface area contributed by atoms with E-state index >= 15 is 0 Å². The molecule has 10 heteroatoms. The number of aliphatic hydroxyl groups is 3. The average Bonchev–Trinajstić information content (AvgIpc) is 3.05. The van der Waals surface area contributed by atoms with Crippen LogP contribution in [0.25, 0.3) is 0 Å². The number of thioether (sulfide) groups is 1. The van der Waals surface area contributed by atoms with Gasteiger partial charge >= 0.3 is 0 Å². The largest absolute Gasteiger partial charge is 0.388 e. The van der Waals surface area contributed by atoms with Crippen LogP contribution in [0.5, 0.6) is 0 Å². The molecule has 4 N–H and O–H groups in total. The van der Waals surface area contributed by atoms with Crippen molar-refractivity contribution >= 4 is 17.7 Å². The van der Waals surface area contributed by atoms with Gasteiger partial charge in [0.05, 0.1) is 12.1 Å². The molecule has 0 aromatic heterocycles. The quantitative estimate of drug-likeness (QED) is 0.402. The lowest BCUT2D eigenvalue weighted by atomic mass is 9.91. The predicted molar refractivity (Wildman–Crippen MR) is 107 cm³/mol. The number of carbonyl (C=O) groups excluding carboxylic acids is 1. The van der Waals surface area contributed by atoms with Gasteiger partial charge in [-0.25, -0.2) is 0 Å². The van der Waals surface area contributed by atoms with Gasteiger partial charge in [0.25, 0.3) is 0 Å². The zero-order valence-electron chi connectivity index (χ0n) is 16.9. The Morgan fingerprint density at radius 2 is 2.00 bits per heavy atom. The number of likely N-dealkylation sites (N-methyl/N-ethyl adjacent to an activating group) is 1. The van der Waals surface area contributed by atoms with Crippen LogP contribution in [0.3, 0.4) is 0 Å². The SMILES string of the molecule is CCC[C@@H]1C[C@@H](C(=O)N[C@H](C(C)N=O)[C@H]2O[C@H](SC)[C@H](O)[C@@H](O)[C@H]2O)N(C)C1. The highest BCUT2D eigenvalue weighted by Gasteiger charge is 2.49. The third kappa shape index (κ3) is 5.03. The second kappa shape index (κ2) is 10.3. The minimum absolute atomic E-state index is 0.251. The van der Waals surface area contributed by atoms with Crippen molar-refractivity contribution in [1.82, 2.24) is 10.2 Å². The van der Waals surface area contributed by atoms with E-state index in [0.717, 1.165) is 25.8 Å². The van der Waals surface area contributed by atoms with E-state index in [9.17, 15) is 25.0 Å². The number of nitrogens with one attached hydrogen (secondary N) is 1. The standard InChI is InChI=1S/C18H33N3O6S/c1-5-6-10-7-11(21(3)8-10)17(25)19-12(9(2)20-26)16-14(23)13(22)15(24)18(27-16)28-4/h9-16,18,22-24H,5-8H2,1-4H3,(H,19,25)/t9?,10-,11+,12-,13+,14-,15-,16-,18-/m1/s1. The fourth-order valence-corrected chi connectivity index (χ4v) is 4.88. The van der Waals surface area contributed by atoms with E-state index in [1.54, 1.807) is 6.26 Å². The average molecular weight is 420 g/mol. The normalized spacial score (nSPS) is 38.8. The van der Waals surface area contributed by atoms with Crippen LogP contribution in [-0.2, 0) is 9.53 Å². The van der Waals surface area contributed by atoms with Gasteiger partial charge in [0, 0.05) is 6.54 Å². The topological polar surface area (TPSA) is 132 Å². The molecule has 0 saturated carbocycles. The molecule has 9 nitrogen and oxygen atoms in total. The highest BCUT2D eigenvalue weighted by molar-refractivity contribution is 7.99. The summed E-state index contributed by atoms with van der Waals surface area (Å²) in [6.45, 7) is 4.47. The number of carbonyl (C=O) groups is 1. The first-order chi connectivity index (χ1) is 13.2. The number of hydrogen-bond acceptors (Lipinski definition) is 9. The van der Waals surface area contributed by atoms with Crippen LogP contribution in [0.4, 0.5) is 0 Å². The first-order valence-electron chi connectivity index (χ1n) is 9.80. The fourth-order valence-electron chi connectivity index (χ4n) is 4.20. The number of nitrogens with zero attached hydrogens (tertiary/aromatic N) is 2. The molecule has 9 atom stereocenters. The van der Waals surface area contributed by atoms with E-state index < -0.39 is 41.9 Å². The van der Waals surface area contributed by atoms with Gasteiger partial charge in [0.2, 0.25) is 5.91 Å². The molecular formula is C18H33N3O6S. The molecule has 162 valence electrons. The van der Waals surface area contributed by atoms with E-state index in [1.807, 2.05) is 11.9 Å². The summed E-state index contributed by atoms with van der Waals surface area (Å²) in [7, 11) is 1.89. The number of ether oxygens (including phenoxy) is 1. The smallest absolute Gasteiger partial charge is 0.237 e. The zero-order valence-corrected chi connectivity index (χ0v) is 17.7. The number of likely N-dealkylation sites (tertiary alicyclic amines) is 1. The van der Waals surface area contributed by atoms with Crippen molar-refractivity contribution in [3.05, 3.63) is 4.91 Å². The predicted octanol–water partition coefficient (Wildman–Crippen LogP) is -0.0829. The molecule has 28 heavy (non-hydrogen) atoms. The van der Waals surface area contributed by atoms with Crippen molar-refractivity contribution in [2.75, 3.05) is 19.8 Å². The Bertz CT molecular complexity index is 539. The fraction of sp³-hybridized carbons (Fsp3) is 0.944.